The van der Waals surface area contributed by atoms with Gasteiger partial charge in [0.25, 0.3) is 0 Å². The van der Waals surface area contributed by atoms with Crippen LogP contribution in [0, 0.1) is 0 Å². The van der Waals surface area contributed by atoms with E-state index in [1.807, 2.05) is 36.4 Å². The minimum atomic E-state index is 0.585. The Labute approximate surface area is 132 Å². The first-order chi connectivity index (χ1) is 10.3. The highest BCUT2D eigenvalue weighted by atomic mass is 35.5. The molecular weight excluding hydrogens is 282 g/mol. The Morgan fingerprint density at radius 1 is 0.857 bits per heavy atom. The van der Waals surface area contributed by atoms with Crippen LogP contribution < -0.4 is 0 Å². The Balaban J connectivity index is 1.47. The van der Waals surface area contributed by atoms with Crippen molar-refractivity contribution < 1.29 is 4.74 Å². The molecule has 0 aliphatic carbocycles. The minimum absolute atomic E-state index is 0.585. The van der Waals surface area contributed by atoms with E-state index in [2.05, 4.69) is 17.1 Å². The van der Waals surface area contributed by atoms with E-state index in [1.54, 1.807) is 0 Å². The number of rotatable bonds is 9. The van der Waals surface area contributed by atoms with Gasteiger partial charge >= 0.3 is 0 Å². The molecule has 0 saturated carbocycles. The fourth-order valence-corrected chi connectivity index (χ4v) is 2.40. The Hall–Kier alpha value is -1.38. The lowest BCUT2D eigenvalue weighted by molar-refractivity contribution is 0.116. The van der Waals surface area contributed by atoms with E-state index in [9.17, 15) is 0 Å². The molecule has 0 fully saturated rings. The molecule has 1 heterocycles. The van der Waals surface area contributed by atoms with Gasteiger partial charge in [-0.05, 0) is 37.0 Å². The lowest BCUT2D eigenvalue weighted by Gasteiger charge is -2.05. The van der Waals surface area contributed by atoms with Crippen molar-refractivity contribution in [2.24, 2.45) is 0 Å². The average Bonchev–Trinajstić information content (AvgIpc) is 2.51. The molecule has 112 valence electrons. The predicted molar refractivity (Wildman–Crippen MR) is 87.5 cm³/mol. The van der Waals surface area contributed by atoms with Gasteiger partial charge in [-0.3, -0.25) is 0 Å². The summed E-state index contributed by atoms with van der Waals surface area (Å²) in [7, 11) is 0. The van der Waals surface area contributed by atoms with E-state index in [4.69, 9.17) is 16.3 Å². The zero-order valence-corrected chi connectivity index (χ0v) is 13.1. The predicted octanol–water partition coefficient (Wildman–Crippen LogP) is 5.05. The molecule has 2 aromatic rings. The summed E-state index contributed by atoms with van der Waals surface area (Å²) in [5.41, 5.74) is 2.33. The number of hydrogen-bond donors (Lipinski definition) is 0. The lowest BCUT2D eigenvalue weighted by Crippen LogP contribution is -1.96. The van der Waals surface area contributed by atoms with Gasteiger partial charge in [-0.15, -0.1) is 0 Å². The van der Waals surface area contributed by atoms with Crippen molar-refractivity contribution in [2.75, 3.05) is 6.61 Å². The maximum atomic E-state index is 5.87. The topological polar surface area (TPSA) is 22.1 Å². The number of ether oxygens (including phenoxy) is 1. The molecule has 0 unspecified atom stereocenters. The number of hydrogen-bond acceptors (Lipinski definition) is 2. The second kappa shape index (κ2) is 9.54. The van der Waals surface area contributed by atoms with Crippen LogP contribution in [0.3, 0.4) is 0 Å². The van der Waals surface area contributed by atoms with Crippen LogP contribution in [0.15, 0.2) is 48.5 Å². The Kier molecular flexibility index (Phi) is 7.27. The van der Waals surface area contributed by atoms with Gasteiger partial charge in [0.15, 0.2) is 0 Å². The van der Waals surface area contributed by atoms with Crippen LogP contribution in [0.2, 0.25) is 5.15 Å². The first-order valence-electron chi connectivity index (χ1n) is 7.58. The molecule has 0 saturated heterocycles. The van der Waals surface area contributed by atoms with Crippen LogP contribution in [-0.2, 0) is 17.8 Å². The molecule has 21 heavy (non-hydrogen) atoms. The summed E-state index contributed by atoms with van der Waals surface area (Å²) in [6, 6.07) is 16.1. The van der Waals surface area contributed by atoms with Gasteiger partial charge in [-0.25, -0.2) is 4.98 Å². The molecule has 0 amide bonds. The van der Waals surface area contributed by atoms with Gasteiger partial charge in [-0.2, -0.15) is 0 Å². The van der Waals surface area contributed by atoms with Crippen molar-refractivity contribution >= 4 is 11.6 Å². The summed E-state index contributed by atoms with van der Waals surface area (Å²) in [6.07, 6.45) is 5.70. The number of halogens is 1. The number of pyridine rings is 1. The Morgan fingerprint density at radius 2 is 1.67 bits per heavy atom. The number of aryl methyl sites for hydroxylation is 1. The van der Waals surface area contributed by atoms with Crippen LogP contribution in [-0.4, -0.2) is 11.6 Å². The van der Waals surface area contributed by atoms with Gasteiger partial charge in [0.05, 0.1) is 6.61 Å². The van der Waals surface area contributed by atoms with E-state index < -0.39 is 0 Å². The lowest BCUT2D eigenvalue weighted by atomic mass is 10.1. The summed E-state index contributed by atoms with van der Waals surface area (Å²) in [4.78, 5) is 4.29. The van der Waals surface area contributed by atoms with Crippen molar-refractivity contribution in [3.8, 4) is 0 Å². The molecule has 0 radical (unpaired) electrons. The highest BCUT2D eigenvalue weighted by Crippen LogP contribution is 2.10. The summed E-state index contributed by atoms with van der Waals surface area (Å²) in [6.45, 7) is 1.55. The maximum Gasteiger partial charge on any atom is 0.129 e. The largest absolute Gasteiger partial charge is 0.377 e. The Morgan fingerprint density at radius 3 is 2.48 bits per heavy atom. The smallest absolute Gasteiger partial charge is 0.129 e. The summed E-state index contributed by atoms with van der Waals surface area (Å²) < 4.78 is 5.67. The van der Waals surface area contributed by atoms with Crippen LogP contribution in [0.1, 0.15) is 36.9 Å². The third-order valence-electron chi connectivity index (χ3n) is 3.36. The number of benzene rings is 1. The molecule has 2 rings (SSSR count). The van der Waals surface area contributed by atoms with Crippen molar-refractivity contribution in [3.63, 3.8) is 0 Å². The fraction of sp³-hybridized carbons (Fsp3) is 0.389. The second-order valence-corrected chi connectivity index (χ2v) is 5.54. The average molecular weight is 304 g/mol. The van der Waals surface area contributed by atoms with Crippen molar-refractivity contribution in [1.29, 1.82) is 0 Å². The molecule has 2 nitrogen and oxygen atoms in total. The zero-order valence-electron chi connectivity index (χ0n) is 12.3. The molecule has 0 aliphatic rings. The van der Waals surface area contributed by atoms with E-state index in [0.29, 0.717) is 11.8 Å². The quantitative estimate of drug-likeness (QED) is 0.477. The van der Waals surface area contributed by atoms with Gasteiger partial charge in [-0.1, -0.05) is 60.8 Å². The van der Waals surface area contributed by atoms with E-state index in [1.165, 1.54) is 18.4 Å². The van der Waals surface area contributed by atoms with Gasteiger partial charge in [0, 0.05) is 12.3 Å². The van der Waals surface area contributed by atoms with Crippen LogP contribution in [0.4, 0.5) is 0 Å². The molecule has 0 N–H and O–H groups in total. The molecular formula is C18H22ClNO. The summed E-state index contributed by atoms with van der Waals surface area (Å²) in [5, 5.41) is 0.585. The summed E-state index contributed by atoms with van der Waals surface area (Å²) >= 11 is 5.87. The highest BCUT2D eigenvalue weighted by molar-refractivity contribution is 6.29. The SMILES string of the molecule is Clc1cccc(CCCCCCOCc2ccccc2)n1. The Bertz CT molecular complexity index is 516. The highest BCUT2D eigenvalue weighted by Gasteiger charge is 1.97. The number of unbranched alkanes of at least 4 members (excludes halogenated alkanes) is 3. The van der Waals surface area contributed by atoms with Gasteiger partial charge in [0.1, 0.15) is 5.15 Å². The van der Waals surface area contributed by atoms with Gasteiger partial charge in [0.2, 0.25) is 0 Å². The van der Waals surface area contributed by atoms with Crippen LogP contribution in [0.5, 0.6) is 0 Å². The van der Waals surface area contributed by atoms with Crippen molar-refractivity contribution in [2.45, 2.75) is 38.7 Å². The maximum absolute atomic E-state index is 5.87. The monoisotopic (exact) mass is 303 g/mol. The van der Waals surface area contributed by atoms with Crippen molar-refractivity contribution in [3.05, 3.63) is 64.9 Å². The molecule has 1 aromatic carbocycles. The third kappa shape index (κ3) is 6.74. The zero-order chi connectivity index (χ0) is 14.8. The molecule has 0 spiro atoms. The summed E-state index contributed by atoms with van der Waals surface area (Å²) in [5.74, 6) is 0. The van der Waals surface area contributed by atoms with Crippen LogP contribution in [0.25, 0.3) is 0 Å². The number of aromatic nitrogens is 1. The molecule has 1 aromatic heterocycles. The molecule has 3 heteroatoms. The van der Waals surface area contributed by atoms with Crippen molar-refractivity contribution in [1.82, 2.24) is 4.98 Å². The van der Waals surface area contributed by atoms with Gasteiger partial charge < -0.3 is 4.74 Å². The molecule has 0 atom stereocenters. The first kappa shape index (κ1) is 16.0. The number of nitrogens with zero attached hydrogens (tertiary/aromatic N) is 1. The van der Waals surface area contributed by atoms with E-state index in [-0.39, 0.29) is 0 Å². The third-order valence-corrected chi connectivity index (χ3v) is 3.57. The van der Waals surface area contributed by atoms with E-state index in [0.717, 1.165) is 31.6 Å². The first-order valence-corrected chi connectivity index (χ1v) is 7.95. The van der Waals surface area contributed by atoms with Crippen LogP contribution >= 0.6 is 11.6 Å². The second-order valence-electron chi connectivity index (χ2n) is 5.15. The fourth-order valence-electron chi connectivity index (χ4n) is 2.22. The standard InChI is InChI=1S/C18H22ClNO/c19-18-13-8-12-17(20-18)11-6-1-2-7-14-21-15-16-9-4-3-5-10-16/h3-5,8-10,12-13H,1-2,6-7,11,14-15H2. The normalized spacial score (nSPS) is 10.7. The van der Waals surface area contributed by atoms with E-state index >= 15 is 0 Å². The molecule has 0 aliphatic heterocycles. The minimum Gasteiger partial charge on any atom is -0.377 e. The molecule has 0 bridgehead atoms.